The molecule has 0 bridgehead atoms. The largest absolute Gasteiger partial charge is 0.507 e. The molecule has 1 aromatic rings. The number of aromatic hydroxyl groups is 1. The molecule has 1 aromatic carbocycles. The van der Waals surface area contributed by atoms with Crippen molar-refractivity contribution >= 4 is 12.0 Å². The molecule has 0 spiro atoms. The van der Waals surface area contributed by atoms with Gasteiger partial charge in [0, 0.05) is 17.2 Å². The van der Waals surface area contributed by atoms with Gasteiger partial charge in [0.25, 0.3) is 0 Å². The Morgan fingerprint density at radius 2 is 1.48 bits per heavy atom. The zero-order valence-electron chi connectivity index (χ0n) is 14.1. The van der Waals surface area contributed by atoms with Gasteiger partial charge in [0.05, 0.1) is 7.11 Å². The van der Waals surface area contributed by atoms with Gasteiger partial charge in [-0.2, -0.15) is 0 Å². The molecule has 1 N–H and O–H groups in total. The number of esters is 1. The first-order chi connectivity index (χ1) is 9.46. The first kappa shape index (κ1) is 17.3. The molecule has 0 unspecified atom stereocenters. The van der Waals surface area contributed by atoms with E-state index in [1.54, 1.807) is 6.08 Å². The van der Waals surface area contributed by atoms with Crippen molar-refractivity contribution in [3.63, 3.8) is 0 Å². The molecule has 3 heteroatoms. The normalized spacial score (nSPS) is 12.7. The van der Waals surface area contributed by atoms with E-state index in [1.807, 2.05) is 12.1 Å². The van der Waals surface area contributed by atoms with Crippen LogP contribution in [0.4, 0.5) is 0 Å². The molecular weight excluding hydrogens is 264 g/mol. The van der Waals surface area contributed by atoms with E-state index in [-0.39, 0.29) is 10.8 Å². The third-order valence-corrected chi connectivity index (χ3v) is 3.36. The second kappa shape index (κ2) is 5.92. The Kier molecular flexibility index (Phi) is 4.87. The highest BCUT2D eigenvalue weighted by Crippen LogP contribution is 2.39. The number of phenols is 1. The molecule has 0 aliphatic rings. The summed E-state index contributed by atoms with van der Waals surface area (Å²) in [4.78, 5) is 11.3. The molecular formula is C18H26O3. The quantitative estimate of drug-likeness (QED) is 0.656. The summed E-state index contributed by atoms with van der Waals surface area (Å²) in [6.45, 7) is 12.3. The van der Waals surface area contributed by atoms with Gasteiger partial charge in [-0.15, -0.1) is 0 Å². The number of hydrogen-bond donors (Lipinski definition) is 1. The first-order valence-corrected chi connectivity index (χ1v) is 7.11. The predicted molar refractivity (Wildman–Crippen MR) is 86.6 cm³/mol. The fourth-order valence-corrected chi connectivity index (χ4v) is 2.13. The summed E-state index contributed by atoms with van der Waals surface area (Å²) in [6.07, 6.45) is 3.11. The van der Waals surface area contributed by atoms with Gasteiger partial charge in [0.1, 0.15) is 5.75 Å². The van der Waals surface area contributed by atoms with Crippen LogP contribution < -0.4 is 0 Å². The molecule has 0 heterocycles. The van der Waals surface area contributed by atoms with Crippen LogP contribution in [0.3, 0.4) is 0 Å². The van der Waals surface area contributed by atoms with Crippen LogP contribution in [0.1, 0.15) is 58.2 Å². The van der Waals surface area contributed by atoms with Gasteiger partial charge in [-0.1, -0.05) is 41.5 Å². The van der Waals surface area contributed by atoms with Gasteiger partial charge in [-0.25, -0.2) is 4.79 Å². The van der Waals surface area contributed by atoms with E-state index in [0.29, 0.717) is 5.75 Å². The van der Waals surface area contributed by atoms with Crippen LogP contribution in [-0.4, -0.2) is 18.2 Å². The highest BCUT2D eigenvalue weighted by molar-refractivity contribution is 5.87. The number of carbonyl (C=O) groups is 1. The Bertz CT molecular complexity index is 520. The molecule has 21 heavy (non-hydrogen) atoms. The Hall–Kier alpha value is -1.77. The molecule has 0 aliphatic carbocycles. The van der Waals surface area contributed by atoms with Crippen molar-refractivity contribution in [2.45, 2.75) is 52.4 Å². The Morgan fingerprint density at radius 3 is 1.81 bits per heavy atom. The molecule has 0 fully saturated rings. The average Bonchev–Trinajstić information content (AvgIpc) is 2.34. The van der Waals surface area contributed by atoms with Crippen LogP contribution in [0.25, 0.3) is 6.08 Å². The third-order valence-electron chi connectivity index (χ3n) is 3.36. The number of ether oxygens (including phenoxy) is 1. The fourth-order valence-electron chi connectivity index (χ4n) is 2.13. The number of hydrogen-bond acceptors (Lipinski definition) is 3. The maximum atomic E-state index is 11.3. The topological polar surface area (TPSA) is 46.5 Å². The number of methoxy groups -OCH3 is 1. The van der Waals surface area contributed by atoms with E-state index in [4.69, 9.17) is 0 Å². The van der Waals surface area contributed by atoms with E-state index < -0.39 is 5.97 Å². The van der Waals surface area contributed by atoms with Gasteiger partial charge in [-0.3, -0.25) is 0 Å². The lowest BCUT2D eigenvalue weighted by molar-refractivity contribution is -0.134. The number of benzene rings is 1. The van der Waals surface area contributed by atoms with Crippen LogP contribution in [0.2, 0.25) is 0 Å². The van der Waals surface area contributed by atoms with Gasteiger partial charge in [0.15, 0.2) is 0 Å². The summed E-state index contributed by atoms with van der Waals surface area (Å²) in [7, 11) is 1.35. The molecule has 0 saturated carbocycles. The van der Waals surface area contributed by atoms with Crippen LogP contribution in [0.5, 0.6) is 5.75 Å². The summed E-state index contributed by atoms with van der Waals surface area (Å²) >= 11 is 0. The van der Waals surface area contributed by atoms with E-state index >= 15 is 0 Å². The zero-order valence-corrected chi connectivity index (χ0v) is 14.1. The molecule has 0 radical (unpaired) electrons. The van der Waals surface area contributed by atoms with Gasteiger partial charge >= 0.3 is 5.97 Å². The smallest absolute Gasteiger partial charge is 0.330 e. The average molecular weight is 290 g/mol. The van der Waals surface area contributed by atoms with Crippen molar-refractivity contribution in [1.82, 2.24) is 0 Å². The summed E-state index contributed by atoms with van der Waals surface area (Å²) in [5.41, 5.74) is 2.27. The minimum atomic E-state index is -0.391. The van der Waals surface area contributed by atoms with Crippen LogP contribution in [-0.2, 0) is 20.4 Å². The minimum Gasteiger partial charge on any atom is -0.507 e. The van der Waals surface area contributed by atoms with Crippen molar-refractivity contribution in [1.29, 1.82) is 0 Å². The molecule has 116 valence electrons. The maximum Gasteiger partial charge on any atom is 0.330 e. The van der Waals surface area contributed by atoms with Crippen molar-refractivity contribution in [3.05, 3.63) is 34.9 Å². The number of rotatable bonds is 2. The van der Waals surface area contributed by atoms with Gasteiger partial charge in [-0.05, 0) is 34.6 Å². The predicted octanol–water partition coefficient (Wildman–Crippen LogP) is 4.17. The van der Waals surface area contributed by atoms with E-state index in [1.165, 1.54) is 13.2 Å². The molecule has 1 rings (SSSR count). The van der Waals surface area contributed by atoms with Gasteiger partial charge in [0.2, 0.25) is 0 Å². The second-order valence-corrected chi connectivity index (χ2v) is 7.32. The summed E-state index contributed by atoms with van der Waals surface area (Å²) < 4.78 is 4.62. The highest BCUT2D eigenvalue weighted by Gasteiger charge is 2.26. The Labute approximate surface area is 127 Å². The fraction of sp³-hybridized carbons (Fsp3) is 0.500. The lowest BCUT2D eigenvalue weighted by Crippen LogP contribution is -2.17. The summed E-state index contributed by atoms with van der Waals surface area (Å²) in [5.74, 6) is -0.0529. The lowest BCUT2D eigenvalue weighted by Gasteiger charge is -2.27. The number of phenolic OH excluding ortho intramolecular Hbond substituents is 1. The van der Waals surface area contributed by atoms with Crippen LogP contribution >= 0.6 is 0 Å². The van der Waals surface area contributed by atoms with E-state index in [9.17, 15) is 9.90 Å². The van der Waals surface area contributed by atoms with Crippen molar-refractivity contribution in [2.24, 2.45) is 0 Å². The van der Waals surface area contributed by atoms with Crippen molar-refractivity contribution < 1.29 is 14.6 Å². The van der Waals surface area contributed by atoms with Gasteiger partial charge < -0.3 is 9.84 Å². The minimum absolute atomic E-state index is 0.181. The molecule has 0 atom stereocenters. The standard InChI is InChI=1S/C18H26O3/c1-17(2,3)13-10-12(8-9-15(19)21-7)11-14(16(13)20)18(4,5)6/h8-11,20H,1-7H3/b9-8+. The Balaban J connectivity index is 3.48. The van der Waals surface area contributed by atoms with E-state index in [2.05, 4.69) is 46.3 Å². The summed E-state index contributed by atoms with van der Waals surface area (Å²) in [6, 6.07) is 3.84. The van der Waals surface area contributed by atoms with Crippen molar-refractivity contribution in [3.8, 4) is 5.75 Å². The second-order valence-electron chi connectivity index (χ2n) is 7.32. The molecule has 3 nitrogen and oxygen atoms in total. The SMILES string of the molecule is COC(=O)/C=C/c1cc(C(C)(C)C)c(O)c(C(C)(C)C)c1. The highest BCUT2D eigenvalue weighted by atomic mass is 16.5. The zero-order chi connectivity index (χ0) is 16.4. The molecule has 0 aromatic heterocycles. The van der Waals surface area contributed by atoms with E-state index in [0.717, 1.165) is 16.7 Å². The monoisotopic (exact) mass is 290 g/mol. The number of carbonyl (C=O) groups excluding carboxylic acids is 1. The van der Waals surface area contributed by atoms with Crippen LogP contribution in [0.15, 0.2) is 18.2 Å². The maximum absolute atomic E-state index is 11.3. The van der Waals surface area contributed by atoms with Crippen molar-refractivity contribution in [2.75, 3.05) is 7.11 Å². The van der Waals surface area contributed by atoms with Crippen LogP contribution in [0, 0.1) is 0 Å². The molecule has 0 amide bonds. The molecule has 0 aliphatic heterocycles. The molecule has 0 saturated heterocycles. The Morgan fingerprint density at radius 1 is 1.05 bits per heavy atom. The first-order valence-electron chi connectivity index (χ1n) is 7.11. The lowest BCUT2D eigenvalue weighted by atomic mass is 9.78. The summed E-state index contributed by atoms with van der Waals surface area (Å²) in [5, 5.41) is 10.6. The third kappa shape index (κ3) is 4.35.